The third-order valence-corrected chi connectivity index (χ3v) is 7.81. The molecule has 8 unspecified atom stereocenters. The molecule has 0 bridgehead atoms. The van der Waals surface area contributed by atoms with Crippen molar-refractivity contribution in [2.24, 2.45) is 0 Å². The van der Waals surface area contributed by atoms with Crippen molar-refractivity contribution in [1.29, 1.82) is 0 Å². The molecule has 0 aromatic heterocycles. The van der Waals surface area contributed by atoms with E-state index in [-0.39, 0.29) is 75.5 Å². The van der Waals surface area contributed by atoms with Crippen LogP contribution in [0.1, 0.15) is 41.6 Å². The second-order valence-electron chi connectivity index (χ2n) is 10.4. The van der Waals surface area contributed by atoms with Crippen LogP contribution in [0, 0.1) is 6.92 Å². The molecule has 14 heteroatoms. The fourth-order valence-electron chi connectivity index (χ4n) is 4.84. The van der Waals surface area contributed by atoms with Crippen molar-refractivity contribution >= 4 is 18.5 Å². The molecule has 39 heavy (non-hydrogen) atoms. The Bertz CT molecular complexity index is 1050. The summed E-state index contributed by atoms with van der Waals surface area (Å²) in [6.45, 7) is 11.1. The molecule has 5 rings (SSSR count). The number of methoxy groups -OCH3 is 2. The summed E-state index contributed by atoms with van der Waals surface area (Å²) in [5.74, 6) is -1.28. The minimum Gasteiger partial charge on any atom is -1.00 e. The van der Waals surface area contributed by atoms with Crippen LogP contribution in [0.3, 0.4) is 0 Å². The van der Waals surface area contributed by atoms with E-state index in [4.69, 9.17) is 42.1 Å². The van der Waals surface area contributed by atoms with Gasteiger partial charge in [0.25, 0.3) is 10.1 Å². The Morgan fingerprint density at radius 3 is 1.82 bits per heavy atom. The Morgan fingerprint density at radius 1 is 0.821 bits per heavy atom. The normalized spacial score (nSPS) is 35.7. The topological polar surface area (TPSA) is 117 Å². The molecular weight excluding hydrogens is 542 g/mol. The molecule has 0 spiro atoms. The van der Waals surface area contributed by atoms with Crippen LogP contribution < -0.4 is 29.6 Å². The molecule has 0 saturated carbocycles. The summed E-state index contributed by atoms with van der Waals surface area (Å²) >= 11 is 0. The van der Waals surface area contributed by atoms with Gasteiger partial charge in [-0.05, 0) is 53.7 Å². The molecule has 215 valence electrons. The van der Waals surface area contributed by atoms with E-state index in [1.54, 1.807) is 33.1 Å². The quantitative estimate of drug-likeness (QED) is 0.311. The van der Waals surface area contributed by atoms with Gasteiger partial charge in [0.1, 0.15) is 30.5 Å². The Labute approximate surface area is 256 Å². The van der Waals surface area contributed by atoms with Gasteiger partial charge < -0.3 is 39.3 Å². The number of hydrogen-bond acceptors (Lipinski definition) is 11. The van der Waals surface area contributed by atoms with Crippen molar-refractivity contribution in [3.8, 4) is 0 Å². The fourth-order valence-corrected chi connectivity index (χ4v) is 5.76. The van der Waals surface area contributed by atoms with Crippen molar-refractivity contribution in [1.82, 2.24) is 0 Å². The van der Waals surface area contributed by atoms with E-state index in [2.05, 4.69) is 0 Å². The number of aryl methyl sites for hydroxylation is 1. The van der Waals surface area contributed by atoms with E-state index < -0.39 is 46.3 Å². The van der Waals surface area contributed by atoms with Gasteiger partial charge in [-0.1, -0.05) is 17.7 Å². The minimum atomic E-state index is -3.86. The van der Waals surface area contributed by atoms with E-state index in [1.807, 2.05) is 27.7 Å². The second-order valence-corrected chi connectivity index (χ2v) is 12.0. The molecule has 4 saturated heterocycles. The zero-order valence-corrected chi connectivity index (χ0v) is 26.9. The third-order valence-electron chi connectivity index (χ3n) is 6.51. The minimum absolute atomic E-state index is 0. The monoisotopic (exact) mass is 581 g/mol. The summed E-state index contributed by atoms with van der Waals surface area (Å²) < 4.78 is 74.2. The maximum atomic E-state index is 12.3. The maximum Gasteiger partial charge on any atom is 1.00 e. The van der Waals surface area contributed by atoms with Gasteiger partial charge in [-0.3, -0.25) is 4.18 Å². The molecule has 4 aliphatic rings. The summed E-state index contributed by atoms with van der Waals surface area (Å²) in [6.07, 6.45) is -2.42. The van der Waals surface area contributed by atoms with Crippen molar-refractivity contribution in [3.63, 3.8) is 0 Å². The molecule has 4 fully saturated rings. The fraction of sp³-hybridized carbons (Fsp3) is 0.760. The Balaban J connectivity index is 0.000000429. The number of hydrogen-bond donors (Lipinski definition) is 0. The first-order chi connectivity index (χ1) is 17.2. The van der Waals surface area contributed by atoms with Gasteiger partial charge >= 0.3 is 29.6 Å². The molecule has 4 aliphatic heterocycles. The van der Waals surface area contributed by atoms with E-state index in [0.717, 1.165) is 5.56 Å². The molecular formula is C25H39BNaO11S. The zero-order chi connectivity index (χ0) is 27.2. The zero-order valence-electron chi connectivity index (χ0n) is 25.1. The number of benzene rings is 1. The van der Waals surface area contributed by atoms with Crippen LogP contribution in [0.15, 0.2) is 29.2 Å². The molecule has 0 amide bonds. The Morgan fingerprint density at radius 2 is 1.28 bits per heavy atom. The molecule has 4 heterocycles. The van der Waals surface area contributed by atoms with Crippen LogP contribution in [-0.2, 0) is 52.2 Å². The smallest absolute Gasteiger partial charge is 1.00 e. The predicted octanol–water partition coefficient (Wildman–Crippen LogP) is -0.775. The summed E-state index contributed by atoms with van der Waals surface area (Å²) in [4.78, 5) is 0.106. The first kappa shape index (κ1) is 35.1. The number of fused-ring (bicyclic) bond motifs is 2. The molecule has 0 N–H and O–H groups in total. The molecule has 1 aromatic carbocycles. The number of ether oxygens (including phenoxy) is 8. The number of rotatable bonds is 6. The van der Waals surface area contributed by atoms with Crippen molar-refractivity contribution < 1.29 is 81.5 Å². The van der Waals surface area contributed by atoms with Crippen LogP contribution in [-0.4, -0.2) is 98.4 Å². The van der Waals surface area contributed by atoms with E-state index in [9.17, 15) is 8.42 Å². The maximum absolute atomic E-state index is 12.3. The molecule has 3 radical (unpaired) electrons. The Kier molecular flexibility index (Phi) is 12.1. The van der Waals surface area contributed by atoms with Gasteiger partial charge in [-0.25, -0.2) is 0 Å². The largest absolute Gasteiger partial charge is 1.00 e. The SMILES string of the molecule is COC1OC(C)C2OC(C)(C)OC12.COC1OC(COS(=O)(=O)c2ccc(C)cc2)C2OC(C)(C)OC12.[B].[H-].[Na+]. The summed E-state index contributed by atoms with van der Waals surface area (Å²) in [6, 6.07) is 6.46. The summed E-state index contributed by atoms with van der Waals surface area (Å²) in [5.41, 5.74) is 0.970. The predicted molar refractivity (Wildman–Crippen MR) is 136 cm³/mol. The van der Waals surface area contributed by atoms with E-state index in [0.29, 0.717) is 0 Å². The van der Waals surface area contributed by atoms with E-state index >= 15 is 0 Å². The van der Waals surface area contributed by atoms with Crippen molar-refractivity contribution in [2.45, 2.75) is 107 Å². The first-order valence-electron chi connectivity index (χ1n) is 12.3. The summed E-state index contributed by atoms with van der Waals surface area (Å²) in [7, 11) is -0.741. The van der Waals surface area contributed by atoms with Gasteiger partial charge in [0.2, 0.25) is 0 Å². The van der Waals surface area contributed by atoms with Crippen LogP contribution >= 0.6 is 0 Å². The molecule has 0 aliphatic carbocycles. The molecule has 11 nitrogen and oxygen atoms in total. The van der Waals surface area contributed by atoms with Gasteiger partial charge in [0.15, 0.2) is 24.2 Å². The van der Waals surface area contributed by atoms with Crippen LogP contribution in [0.25, 0.3) is 0 Å². The van der Waals surface area contributed by atoms with Crippen molar-refractivity contribution in [3.05, 3.63) is 29.8 Å². The van der Waals surface area contributed by atoms with E-state index in [1.165, 1.54) is 19.2 Å². The third kappa shape index (κ3) is 8.04. The average molecular weight is 581 g/mol. The van der Waals surface area contributed by atoms with Gasteiger partial charge in [-0.15, -0.1) is 0 Å². The van der Waals surface area contributed by atoms with Crippen molar-refractivity contribution in [2.75, 3.05) is 20.8 Å². The standard InChI is InChI=1S/C16H22O7S.C9H16O4.B.Na.H/c1-10-5-7-11(8-6-10)24(17,18)20-9-12-13-14(15(19-4)21-12)23-16(2,3)22-13;1-5-6-7(8(10-4)11-5)13-9(2,3)12-6;;;/h5-8,12-15H,9H2,1-4H3;5-8H,1-4H3;;;/q;;;+1;-1. The van der Waals surface area contributed by atoms with Gasteiger partial charge in [0, 0.05) is 22.6 Å². The molecule has 8 atom stereocenters. The van der Waals surface area contributed by atoms with Crippen LogP contribution in [0.4, 0.5) is 0 Å². The van der Waals surface area contributed by atoms with Gasteiger partial charge in [0.05, 0.1) is 17.6 Å². The van der Waals surface area contributed by atoms with Gasteiger partial charge in [-0.2, -0.15) is 8.42 Å². The second kappa shape index (κ2) is 13.5. The Hall–Kier alpha value is -0.125. The van der Waals surface area contributed by atoms with Crippen LogP contribution in [0.5, 0.6) is 0 Å². The first-order valence-corrected chi connectivity index (χ1v) is 13.7. The van der Waals surface area contributed by atoms with Crippen LogP contribution in [0.2, 0.25) is 0 Å². The molecule has 1 aromatic rings. The average Bonchev–Trinajstić information content (AvgIpc) is 3.50. The summed E-state index contributed by atoms with van der Waals surface area (Å²) in [5, 5.41) is 0.